The Labute approximate surface area is 91.9 Å². The number of nitriles is 1. The molecular weight excluding hydrogens is 184 g/mol. The third kappa shape index (κ3) is 3.73. The van der Waals surface area contributed by atoms with E-state index in [2.05, 4.69) is 43.4 Å². The van der Waals surface area contributed by atoms with Crippen LogP contribution in [0.3, 0.4) is 0 Å². The van der Waals surface area contributed by atoms with Gasteiger partial charge in [-0.3, -0.25) is 0 Å². The van der Waals surface area contributed by atoms with E-state index in [1.54, 1.807) is 0 Å². The van der Waals surface area contributed by atoms with Gasteiger partial charge >= 0.3 is 0 Å². The van der Waals surface area contributed by atoms with Crippen LogP contribution in [0.15, 0.2) is 18.2 Å². The van der Waals surface area contributed by atoms with E-state index in [4.69, 9.17) is 5.26 Å². The van der Waals surface area contributed by atoms with Crippen LogP contribution in [0.2, 0.25) is 0 Å². The number of benzene rings is 1. The highest BCUT2D eigenvalue weighted by Gasteiger charge is 2.02. The highest BCUT2D eigenvalue weighted by molar-refractivity contribution is 5.30. The van der Waals surface area contributed by atoms with Crippen molar-refractivity contribution < 1.29 is 0 Å². The van der Waals surface area contributed by atoms with Crippen LogP contribution in [0.1, 0.15) is 30.0 Å². The second-order valence-electron chi connectivity index (χ2n) is 4.07. The van der Waals surface area contributed by atoms with Crippen LogP contribution in [0.5, 0.6) is 0 Å². The Morgan fingerprint density at radius 2 is 2.13 bits per heavy atom. The lowest BCUT2D eigenvalue weighted by Gasteiger charge is -2.12. The molecule has 2 nitrogen and oxygen atoms in total. The van der Waals surface area contributed by atoms with Gasteiger partial charge in [-0.2, -0.15) is 5.26 Å². The standard InChI is InChI=1S/C13H18N2/c1-10-4-5-11(2)13(8-10)9-15-12(3)6-7-14/h4-5,8,12,15H,6,9H2,1-3H3. The van der Waals surface area contributed by atoms with Crippen LogP contribution in [0.25, 0.3) is 0 Å². The summed E-state index contributed by atoms with van der Waals surface area (Å²) in [6.45, 7) is 7.10. The summed E-state index contributed by atoms with van der Waals surface area (Å²) in [5.41, 5.74) is 3.90. The van der Waals surface area contributed by atoms with Crippen molar-refractivity contribution in [2.45, 2.75) is 39.8 Å². The molecule has 1 aromatic carbocycles. The molecule has 1 atom stereocenters. The van der Waals surface area contributed by atoms with Crippen molar-refractivity contribution in [2.24, 2.45) is 0 Å². The minimum absolute atomic E-state index is 0.259. The SMILES string of the molecule is Cc1ccc(C)c(CNC(C)CC#N)c1. The van der Waals surface area contributed by atoms with Gasteiger partial charge in [0.25, 0.3) is 0 Å². The molecule has 1 aromatic rings. The molecule has 0 saturated heterocycles. The first-order valence-electron chi connectivity index (χ1n) is 5.30. The zero-order valence-electron chi connectivity index (χ0n) is 9.67. The Balaban J connectivity index is 2.57. The minimum Gasteiger partial charge on any atom is -0.309 e. The Morgan fingerprint density at radius 3 is 2.80 bits per heavy atom. The van der Waals surface area contributed by atoms with Crippen LogP contribution >= 0.6 is 0 Å². The van der Waals surface area contributed by atoms with Gasteiger partial charge in [-0.25, -0.2) is 0 Å². The molecule has 1 N–H and O–H groups in total. The van der Waals surface area contributed by atoms with E-state index < -0.39 is 0 Å². The van der Waals surface area contributed by atoms with Gasteiger partial charge < -0.3 is 5.32 Å². The van der Waals surface area contributed by atoms with Crippen molar-refractivity contribution >= 4 is 0 Å². The molecule has 0 amide bonds. The number of aryl methyl sites for hydroxylation is 2. The summed E-state index contributed by atoms with van der Waals surface area (Å²) in [7, 11) is 0. The van der Waals surface area contributed by atoms with Crippen LogP contribution in [-0.4, -0.2) is 6.04 Å². The summed E-state index contributed by atoms with van der Waals surface area (Å²) >= 11 is 0. The molecule has 0 saturated carbocycles. The summed E-state index contributed by atoms with van der Waals surface area (Å²) in [5.74, 6) is 0. The Hall–Kier alpha value is -1.33. The number of hydrogen-bond acceptors (Lipinski definition) is 2. The summed E-state index contributed by atoms with van der Waals surface area (Å²) in [6, 6.07) is 8.89. The second kappa shape index (κ2) is 5.53. The van der Waals surface area contributed by atoms with E-state index in [-0.39, 0.29) is 6.04 Å². The van der Waals surface area contributed by atoms with Crippen LogP contribution in [0.4, 0.5) is 0 Å². The molecule has 1 unspecified atom stereocenters. The Morgan fingerprint density at radius 1 is 1.40 bits per heavy atom. The molecule has 0 spiro atoms. The third-order valence-electron chi connectivity index (χ3n) is 2.54. The molecule has 0 aliphatic carbocycles. The molecule has 0 bridgehead atoms. The van der Waals surface area contributed by atoms with Gasteiger partial charge in [0.1, 0.15) is 0 Å². The number of hydrogen-bond donors (Lipinski definition) is 1. The zero-order chi connectivity index (χ0) is 11.3. The van der Waals surface area contributed by atoms with Gasteiger partial charge in [-0.15, -0.1) is 0 Å². The van der Waals surface area contributed by atoms with Gasteiger partial charge in [0, 0.05) is 12.6 Å². The smallest absolute Gasteiger partial charge is 0.0638 e. The molecule has 80 valence electrons. The van der Waals surface area contributed by atoms with Crippen LogP contribution in [-0.2, 0) is 6.54 Å². The normalized spacial score (nSPS) is 12.1. The molecule has 0 fully saturated rings. The fourth-order valence-electron chi connectivity index (χ4n) is 1.48. The van der Waals surface area contributed by atoms with Gasteiger partial charge in [0.15, 0.2) is 0 Å². The highest BCUT2D eigenvalue weighted by Crippen LogP contribution is 2.10. The first-order chi connectivity index (χ1) is 7.13. The van der Waals surface area contributed by atoms with E-state index in [0.29, 0.717) is 6.42 Å². The molecule has 0 heterocycles. The minimum atomic E-state index is 0.259. The Kier molecular flexibility index (Phi) is 4.33. The van der Waals surface area contributed by atoms with Crippen molar-refractivity contribution in [3.05, 3.63) is 34.9 Å². The topological polar surface area (TPSA) is 35.8 Å². The van der Waals surface area contributed by atoms with Crippen molar-refractivity contribution in [3.8, 4) is 6.07 Å². The average Bonchev–Trinajstić information content (AvgIpc) is 2.20. The van der Waals surface area contributed by atoms with Gasteiger partial charge in [0.05, 0.1) is 12.5 Å². The molecule has 0 aliphatic heterocycles. The lowest BCUT2D eigenvalue weighted by Crippen LogP contribution is -2.25. The van der Waals surface area contributed by atoms with Gasteiger partial charge in [0.2, 0.25) is 0 Å². The summed E-state index contributed by atoms with van der Waals surface area (Å²) < 4.78 is 0. The fourth-order valence-corrected chi connectivity index (χ4v) is 1.48. The zero-order valence-corrected chi connectivity index (χ0v) is 9.67. The molecule has 2 heteroatoms. The molecule has 0 aliphatic rings. The maximum Gasteiger partial charge on any atom is 0.0638 e. The average molecular weight is 202 g/mol. The molecule has 1 rings (SSSR count). The molecular formula is C13H18N2. The van der Waals surface area contributed by atoms with Crippen LogP contribution < -0.4 is 5.32 Å². The number of rotatable bonds is 4. The quantitative estimate of drug-likeness (QED) is 0.814. The van der Waals surface area contributed by atoms with Crippen LogP contribution in [0, 0.1) is 25.2 Å². The van der Waals surface area contributed by atoms with Crippen molar-refractivity contribution in [1.29, 1.82) is 5.26 Å². The van der Waals surface area contributed by atoms with E-state index in [1.165, 1.54) is 16.7 Å². The van der Waals surface area contributed by atoms with Gasteiger partial charge in [-0.05, 0) is 31.9 Å². The fraction of sp³-hybridized carbons (Fsp3) is 0.462. The van der Waals surface area contributed by atoms with E-state index >= 15 is 0 Å². The third-order valence-corrected chi connectivity index (χ3v) is 2.54. The maximum absolute atomic E-state index is 8.54. The van der Waals surface area contributed by atoms with Crippen molar-refractivity contribution in [1.82, 2.24) is 5.32 Å². The van der Waals surface area contributed by atoms with Crippen molar-refractivity contribution in [3.63, 3.8) is 0 Å². The lowest BCUT2D eigenvalue weighted by molar-refractivity contribution is 0.556. The number of nitrogens with zero attached hydrogens (tertiary/aromatic N) is 1. The second-order valence-corrected chi connectivity index (χ2v) is 4.07. The largest absolute Gasteiger partial charge is 0.309 e. The van der Waals surface area contributed by atoms with Gasteiger partial charge in [-0.1, -0.05) is 23.8 Å². The van der Waals surface area contributed by atoms with Crippen molar-refractivity contribution in [2.75, 3.05) is 0 Å². The summed E-state index contributed by atoms with van der Waals surface area (Å²) in [6.07, 6.45) is 0.560. The maximum atomic E-state index is 8.54. The number of nitrogens with one attached hydrogen (secondary N) is 1. The predicted molar refractivity (Wildman–Crippen MR) is 62.4 cm³/mol. The summed E-state index contributed by atoms with van der Waals surface area (Å²) in [4.78, 5) is 0. The predicted octanol–water partition coefficient (Wildman–Crippen LogP) is 2.70. The van der Waals surface area contributed by atoms with E-state index in [1.807, 2.05) is 6.92 Å². The van der Waals surface area contributed by atoms with E-state index in [9.17, 15) is 0 Å². The van der Waals surface area contributed by atoms with E-state index in [0.717, 1.165) is 6.54 Å². The molecule has 0 radical (unpaired) electrons. The first-order valence-corrected chi connectivity index (χ1v) is 5.30. The Bertz CT molecular complexity index is 363. The molecule has 0 aromatic heterocycles. The molecule has 15 heavy (non-hydrogen) atoms. The first kappa shape index (κ1) is 11.7. The highest BCUT2D eigenvalue weighted by atomic mass is 14.9. The lowest BCUT2D eigenvalue weighted by atomic mass is 10.1. The summed E-state index contributed by atoms with van der Waals surface area (Å²) in [5, 5.41) is 11.9. The monoisotopic (exact) mass is 202 g/mol.